The summed E-state index contributed by atoms with van der Waals surface area (Å²) in [6.07, 6.45) is 3.70. The maximum atomic E-state index is 14.9. The highest BCUT2D eigenvalue weighted by Gasteiger charge is 2.45. The Hall–Kier alpha value is -1.93. The van der Waals surface area contributed by atoms with Crippen LogP contribution in [-0.4, -0.2) is 65.2 Å². The first-order chi connectivity index (χ1) is 14.0. The van der Waals surface area contributed by atoms with Crippen molar-refractivity contribution < 1.29 is 23.4 Å². The fourth-order valence-electron chi connectivity index (χ4n) is 4.63. The molecule has 1 aromatic rings. The molecule has 0 radical (unpaired) electrons. The number of pyridine rings is 1. The first-order valence-electron chi connectivity index (χ1n) is 10.7. The molecule has 4 rings (SSSR count). The second kappa shape index (κ2) is 7.64. The standard InChI is InChI=1S/C22H32FN3O4/c1-21(2,3)30-20(27)26-15-6-7-16(26)12-25(11-15)19-18(23)9-14(10-24-19)8-17-13-28-22(4,5)29-17/h9-10,15-17H,6-8,11-13H2,1-5H3. The van der Waals surface area contributed by atoms with Crippen molar-refractivity contribution in [2.24, 2.45) is 0 Å². The number of anilines is 1. The lowest BCUT2D eigenvalue weighted by atomic mass is 10.1. The Bertz CT molecular complexity index is 796. The molecule has 3 saturated heterocycles. The zero-order valence-electron chi connectivity index (χ0n) is 18.5. The third-order valence-corrected chi connectivity index (χ3v) is 5.80. The monoisotopic (exact) mass is 421 g/mol. The van der Waals surface area contributed by atoms with Gasteiger partial charge in [0.1, 0.15) is 5.60 Å². The minimum atomic E-state index is -0.594. The smallest absolute Gasteiger partial charge is 0.410 e. The summed E-state index contributed by atoms with van der Waals surface area (Å²) in [6, 6.07) is 1.58. The Balaban J connectivity index is 1.42. The van der Waals surface area contributed by atoms with Crippen molar-refractivity contribution >= 4 is 11.9 Å². The van der Waals surface area contributed by atoms with E-state index < -0.39 is 11.4 Å². The van der Waals surface area contributed by atoms with Gasteiger partial charge in [-0.3, -0.25) is 4.90 Å². The van der Waals surface area contributed by atoms with E-state index >= 15 is 0 Å². The van der Waals surface area contributed by atoms with Gasteiger partial charge in [-0.05, 0) is 59.1 Å². The summed E-state index contributed by atoms with van der Waals surface area (Å²) < 4.78 is 31.9. The molecule has 0 aromatic carbocycles. The summed E-state index contributed by atoms with van der Waals surface area (Å²) in [5.74, 6) is -0.580. The highest BCUT2D eigenvalue weighted by molar-refractivity contribution is 5.70. The molecule has 2 bridgehead atoms. The number of fused-ring (bicyclic) bond motifs is 2. The number of amides is 1. The largest absolute Gasteiger partial charge is 0.444 e. The SMILES string of the molecule is CC(C)(C)OC(=O)N1C2CCC1CN(c1ncc(CC3COC(C)(C)O3)cc1F)C2. The highest BCUT2D eigenvalue weighted by atomic mass is 19.1. The van der Waals surface area contributed by atoms with Gasteiger partial charge in [0.15, 0.2) is 17.4 Å². The van der Waals surface area contributed by atoms with E-state index in [9.17, 15) is 9.18 Å². The first-order valence-corrected chi connectivity index (χ1v) is 10.7. The van der Waals surface area contributed by atoms with E-state index in [-0.39, 0.29) is 30.1 Å². The van der Waals surface area contributed by atoms with Crippen LogP contribution in [0.4, 0.5) is 15.0 Å². The quantitative estimate of drug-likeness (QED) is 0.744. The van der Waals surface area contributed by atoms with Crippen LogP contribution in [0, 0.1) is 5.82 Å². The molecule has 1 amide bonds. The Kier molecular flexibility index (Phi) is 5.43. The lowest BCUT2D eigenvalue weighted by molar-refractivity contribution is -0.138. The van der Waals surface area contributed by atoms with Crippen LogP contribution in [0.3, 0.4) is 0 Å². The number of ether oxygens (including phenoxy) is 3. The van der Waals surface area contributed by atoms with Crippen molar-refractivity contribution in [3.63, 3.8) is 0 Å². The van der Waals surface area contributed by atoms with Gasteiger partial charge >= 0.3 is 6.09 Å². The van der Waals surface area contributed by atoms with Gasteiger partial charge in [0.05, 0.1) is 24.8 Å². The molecule has 0 aliphatic carbocycles. The van der Waals surface area contributed by atoms with E-state index in [1.807, 2.05) is 44.4 Å². The number of nitrogens with zero attached hydrogens (tertiary/aromatic N) is 3. The fraction of sp³-hybridized carbons (Fsp3) is 0.727. The van der Waals surface area contributed by atoms with Gasteiger partial charge in [0.25, 0.3) is 0 Å². The van der Waals surface area contributed by atoms with E-state index in [1.165, 1.54) is 0 Å². The van der Waals surface area contributed by atoms with Crippen LogP contribution in [0.1, 0.15) is 53.0 Å². The van der Waals surface area contributed by atoms with Crippen molar-refractivity contribution in [2.45, 2.75) is 83.5 Å². The maximum absolute atomic E-state index is 14.9. The first kappa shape index (κ1) is 21.3. The van der Waals surface area contributed by atoms with Crippen LogP contribution in [0.25, 0.3) is 0 Å². The lowest BCUT2D eigenvalue weighted by Gasteiger charge is -2.41. The molecule has 3 aliphatic heterocycles. The average Bonchev–Trinajstić information content (AvgIpc) is 3.09. The van der Waals surface area contributed by atoms with Gasteiger partial charge in [-0.1, -0.05) is 0 Å². The van der Waals surface area contributed by atoms with Gasteiger partial charge in [-0.25, -0.2) is 14.2 Å². The van der Waals surface area contributed by atoms with Crippen LogP contribution in [0.2, 0.25) is 0 Å². The van der Waals surface area contributed by atoms with Crippen molar-refractivity contribution in [2.75, 3.05) is 24.6 Å². The van der Waals surface area contributed by atoms with Crippen molar-refractivity contribution in [3.8, 4) is 0 Å². The topological polar surface area (TPSA) is 64.1 Å². The van der Waals surface area contributed by atoms with Crippen LogP contribution < -0.4 is 4.90 Å². The van der Waals surface area contributed by atoms with E-state index in [0.717, 1.165) is 18.4 Å². The molecular weight excluding hydrogens is 389 g/mol. The third-order valence-electron chi connectivity index (χ3n) is 5.80. The maximum Gasteiger partial charge on any atom is 0.410 e. The summed E-state index contributed by atoms with van der Waals surface area (Å²) in [7, 11) is 0. The van der Waals surface area contributed by atoms with E-state index in [4.69, 9.17) is 14.2 Å². The van der Waals surface area contributed by atoms with Gasteiger partial charge < -0.3 is 19.1 Å². The minimum absolute atomic E-state index is 0.0192. The molecule has 0 spiro atoms. The molecule has 8 heteroatoms. The second-order valence-electron chi connectivity index (χ2n) is 9.98. The molecule has 166 valence electrons. The molecular formula is C22H32FN3O4. The summed E-state index contributed by atoms with van der Waals surface area (Å²) in [5, 5.41) is 0. The Morgan fingerprint density at radius 1 is 1.30 bits per heavy atom. The Labute approximate surface area is 177 Å². The molecule has 1 aromatic heterocycles. The molecule has 7 nitrogen and oxygen atoms in total. The molecule has 0 saturated carbocycles. The number of hydrogen-bond donors (Lipinski definition) is 0. The predicted octanol–water partition coefficient (Wildman–Crippen LogP) is 3.50. The molecule has 3 unspecified atom stereocenters. The Morgan fingerprint density at radius 2 is 1.97 bits per heavy atom. The molecule has 0 N–H and O–H groups in total. The summed E-state index contributed by atoms with van der Waals surface area (Å²) in [5.41, 5.74) is 0.262. The third kappa shape index (κ3) is 4.54. The highest BCUT2D eigenvalue weighted by Crippen LogP contribution is 2.34. The molecule has 3 fully saturated rings. The Morgan fingerprint density at radius 3 is 2.50 bits per heavy atom. The van der Waals surface area contributed by atoms with Gasteiger partial charge in [0.2, 0.25) is 0 Å². The minimum Gasteiger partial charge on any atom is -0.444 e. The molecule has 30 heavy (non-hydrogen) atoms. The number of piperazine rings is 1. The van der Waals surface area contributed by atoms with Crippen LogP contribution >= 0.6 is 0 Å². The molecule has 4 heterocycles. The van der Waals surface area contributed by atoms with E-state index in [1.54, 1.807) is 12.3 Å². The predicted molar refractivity (Wildman–Crippen MR) is 110 cm³/mol. The number of halogens is 1. The van der Waals surface area contributed by atoms with Crippen molar-refractivity contribution in [1.29, 1.82) is 0 Å². The summed E-state index contributed by atoms with van der Waals surface area (Å²) in [6.45, 7) is 11.0. The van der Waals surface area contributed by atoms with Gasteiger partial charge in [-0.2, -0.15) is 0 Å². The number of carbonyl (C=O) groups is 1. The normalized spacial score (nSPS) is 28.1. The van der Waals surface area contributed by atoms with Crippen molar-refractivity contribution in [3.05, 3.63) is 23.6 Å². The summed E-state index contributed by atoms with van der Waals surface area (Å²) >= 11 is 0. The van der Waals surface area contributed by atoms with Gasteiger partial charge in [-0.15, -0.1) is 0 Å². The van der Waals surface area contributed by atoms with Crippen molar-refractivity contribution in [1.82, 2.24) is 9.88 Å². The van der Waals surface area contributed by atoms with Crippen LogP contribution in [-0.2, 0) is 20.6 Å². The summed E-state index contributed by atoms with van der Waals surface area (Å²) in [4.78, 5) is 20.8. The number of carbonyl (C=O) groups excluding carboxylic acids is 1. The number of rotatable bonds is 3. The average molecular weight is 422 g/mol. The zero-order chi connectivity index (χ0) is 21.7. The number of aromatic nitrogens is 1. The van der Waals surface area contributed by atoms with E-state index in [2.05, 4.69) is 4.98 Å². The molecule has 3 aliphatic rings. The lowest BCUT2D eigenvalue weighted by Crippen LogP contribution is -2.57. The molecule has 3 atom stereocenters. The number of hydrogen-bond acceptors (Lipinski definition) is 6. The van der Waals surface area contributed by atoms with E-state index in [0.29, 0.717) is 31.9 Å². The fourth-order valence-corrected chi connectivity index (χ4v) is 4.63. The van der Waals surface area contributed by atoms with Crippen LogP contribution in [0.5, 0.6) is 0 Å². The zero-order valence-corrected chi connectivity index (χ0v) is 18.5. The van der Waals surface area contributed by atoms with Crippen LogP contribution in [0.15, 0.2) is 12.3 Å². The second-order valence-corrected chi connectivity index (χ2v) is 9.98. The van der Waals surface area contributed by atoms with Gasteiger partial charge in [0, 0.05) is 25.7 Å².